The Balaban J connectivity index is 2.04. The molecule has 0 aliphatic heterocycles. The molecule has 0 radical (unpaired) electrons. The van der Waals surface area contributed by atoms with E-state index in [1.807, 2.05) is 24.3 Å². The van der Waals surface area contributed by atoms with Gasteiger partial charge in [0.15, 0.2) is 4.80 Å². The van der Waals surface area contributed by atoms with E-state index in [2.05, 4.69) is 18.8 Å². The number of ether oxygens (including phenoxy) is 1. The molecular weight excluding hydrogens is 428 g/mol. The lowest BCUT2D eigenvalue weighted by atomic mass is 10.2. The van der Waals surface area contributed by atoms with Crippen molar-refractivity contribution in [2.24, 2.45) is 4.99 Å². The maximum Gasteiger partial charge on any atom is 0.326 e. The van der Waals surface area contributed by atoms with Crippen LogP contribution in [0.5, 0.6) is 0 Å². The molecule has 0 N–H and O–H groups in total. The molecule has 0 fully saturated rings. The minimum atomic E-state index is -0.383. The van der Waals surface area contributed by atoms with Crippen LogP contribution in [0.2, 0.25) is 5.02 Å². The van der Waals surface area contributed by atoms with Gasteiger partial charge in [0.25, 0.3) is 5.91 Å². The Kier molecular flexibility index (Phi) is 7.16. The molecule has 0 saturated carbocycles. The van der Waals surface area contributed by atoms with Crippen LogP contribution in [0.3, 0.4) is 0 Å². The molecule has 0 saturated heterocycles. The van der Waals surface area contributed by atoms with Crippen molar-refractivity contribution in [3.63, 3.8) is 0 Å². The Hall–Kier alpha value is -2.09. The van der Waals surface area contributed by atoms with E-state index in [4.69, 9.17) is 16.3 Å². The van der Waals surface area contributed by atoms with Crippen LogP contribution in [0.1, 0.15) is 31.1 Å². The van der Waals surface area contributed by atoms with Crippen LogP contribution in [0, 0.1) is 0 Å². The van der Waals surface area contributed by atoms with Crippen LogP contribution in [-0.2, 0) is 16.1 Å². The van der Waals surface area contributed by atoms with E-state index in [1.165, 1.54) is 11.3 Å². The average molecular weight is 449 g/mol. The highest BCUT2D eigenvalue weighted by molar-refractivity contribution is 7.99. The molecule has 2 aromatic carbocycles. The van der Waals surface area contributed by atoms with Gasteiger partial charge in [-0.3, -0.25) is 9.59 Å². The molecule has 0 atom stereocenters. The number of esters is 1. The first-order valence-corrected chi connectivity index (χ1v) is 11.2. The maximum absolute atomic E-state index is 12.8. The molecule has 152 valence electrons. The minimum Gasteiger partial charge on any atom is -0.465 e. The van der Waals surface area contributed by atoms with Crippen LogP contribution in [0.4, 0.5) is 0 Å². The summed E-state index contributed by atoms with van der Waals surface area (Å²) in [6.45, 7) is 6.23. The predicted molar refractivity (Wildman–Crippen MR) is 119 cm³/mol. The molecule has 29 heavy (non-hydrogen) atoms. The van der Waals surface area contributed by atoms with Crippen molar-refractivity contribution in [1.29, 1.82) is 0 Å². The fourth-order valence-electron chi connectivity index (χ4n) is 2.75. The number of hydrogen-bond donors (Lipinski definition) is 0. The molecule has 0 aliphatic rings. The number of thioether (sulfide) groups is 1. The maximum atomic E-state index is 12.8. The number of carbonyl (C=O) groups excluding carboxylic acids is 2. The number of hydrogen-bond acceptors (Lipinski definition) is 5. The third-order valence-electron chi connectivity index (χ3n) is 3.89. The number of nitrogens with zero attached hydrogens (tertiary/aromatic N) is 2. The number of rotatable bonds is 6. The smallest absolute Gasteiger partial charge is 0.326 e. The largest absolute Gasteiger partial charge is 0.465 e. The SMILES string of the molecule is CCOC(=O)Cn1c(=NC(=O)c2cccc(SC(C)C)c2)sc2cc(Cl)ccc21. The van der Waals surface area contributed by atoms with Crippen molar-refractivity contribution < 1.29 is 14.3 Å². The lowest BCUT2D eigenvalue weighted by Gasteiger charge is -2.06. The Morgan fingerprint density at radius 2 is 2.03 bits per heavy atom. The molecule has 3 rings (SSSR count). The molecule has 1 heterocycles. The van der Waals surface area contributed by atoms with E-state index in [0.29, 0.717) is 27.2 Å². The molecule has 5 nitrogen and oxygen atoms in total. The van der Waals surface area contributed by atoms with Crippen LogP contribution >= 0.6 is 34.7 Å². The van der Waals surface area contributed by atoms with Crippen molar-refractivity contribution in [2.75, 3.05) is 6.61 Å². The van der Waals surface area contributed by atoms with Crippen LogP contribution in [-0.4, -0.2) is 28.3 Å². The van der Waals surface area contributed by atoms with Crippen molar-refractivity contribution in [1.82, 2.24) is 4.57 Å². The second kappa shape index (κ2) is 9.61. The summed E-state index contributed by atoms with van der Waals surface area (Å²) in [5.41, 5.74) is 1.29. The Morgan fingerprint density at radius 3 is 2.76 bits per heavy atom. The molecule has 0 unspecified atom stereocenters. The molecular formula is C21H21ClN2O3S2. The Morgan fingerprint density at radius 1 is 1.24 bits per heavy atom. The summed E-state index contributed by atoms with van der Waals surface area (Å²) in [6.07, 6.45) is 0. The third-order valence-corrected chi connectivity index (χ3v) is 6.16. The third kappa shape index (κ3) is 5.50. The summed E-state index contributed by atoms with van der Waals surface area (Å²) in [6, 6.07) is 12.8. The Labute approximate surface area is 182 Å². The number of benzene rings is 2. The first-order chi connectivity index (χ1) is 13.9. The highest BCUT2D eigenvalue weighted by Gasteiger charge is 2.13. The van der Waals surface area contributed by atoms with Gasteiger partial charge >= 0.3 is 5.97 Å². The van der Waals surface area contributed by atoms with Gasteiger partial charge in [-0.15, -0.1) is 11.8 Å². The number of amides is 1. The van der Waals surface area contributed by atoms with E-state index < -0.39 is 0 Å². The van der Waals surface area contributed by atoms with Crippen LogP contribution in [0.25, 0.3) is 10.2 Å². The molecule has 3 aromatic rings. The Bertz CT molecular complexity index is 1120. The average Bonchev–Trinajstić information content (AvgIpc) is 2.97. The fraction of sp³-hybridized carbons (Fsp3) is 0.286. The molecule has 0 bridgehead atoms. The zero-order valence-electron chi connectivity index (χ0n) is 16.3. The zero-order valence-corrected chi connectivity index (χ0v) is 18.7. The van der Waals surface area contributed by atoms with E-state index in [1.54, 1.807) is 41.5 Å². The van der Waals surface area contributed by atoms with Crippen molar-refractivity contribution in [3.8, 4) is 0 Å². The van der Waals surface area contributed by atoms with Gasteiger partial charge in [0.2, 0.25) is 0 Å². The summed E-state index contributed by atoms with van der Waals surface area (Å²) in [4.78, 5) is 30.7. The van der Waals surface area contributed by atoms with E-state index >= 15 is 0 Å². The second-order valence-electron chi connectivity index (χ2n) is 6.50. The monoisotopic (exact) mass is 448 g/mol. The summed E-state index contributed by atoms with van der Waals surface area (Å²) in [5, 5.41) is 0.995. The quantitative estimate of drug-likeness (QED) is 0.386. The number of carbonyl (C=O) groups is 2. The molecule has 8 heteroatoms. The summed E-state index contributed by atoms with van der Waals surface area (Å²) >= 11 is 9.10. The van der Waals surface area contributed by atoms with Gasteiger partial charge in [-0.1, -0.05) is 42.9 Å². The number of thiazole rings is 1. The van der Waals surface area contributed by atoms with Crippen LogP contribution in [0.15, 0.2) is 52.4 Å². The predicted octanol–water partition coefficient (Wildman–Crippen LogP) is 5.16. The van der Waals surface area contributed by atoms with E-state index in [-0.39, 0.29) is 18.4 Å². The summed E-state index contributed by atoms with van der Waals surface area (Å²) in [7, 11) is 0. The fourth-order valence-corrected chi connectivity index (χ4v) is 4.95. The van der Waals surface area contributed by atoms with Crippen molar-refractivity contribution in [2.45, 2.75) is 37.5 Å². The summed E-state index contributed by atoms with van der Waals surface area (Å²) in [5.74, 6) is -0.738. The minimum absolute atomic E-state index is 0.0230. The summed E-state index contributed by atoms with van der Waals surface area (Å²) < 4.78 is 7.61. The molecule has 1 amide bonds. The van der Waals surface area contributed by atoms with Gasteiger partial charge in [-0.2, -0.15) is 4.99 Å². The van der Waals surface area contributed by atoms with Gasteiger partial charge in [0.05, 0.1) is 16.8 Å². The van der Waals surface area contributed by atoms with Gasteiger partial charge in [0, 0.05) is 20.7 Å². The van der Waals surface area contributed by atoms with Gasteiger partial charge in [-0.25, -0.2) is 0 Å². The normalized spacial score (nSPS) is 12.0. The second-order valence-corrected chi connectivity index (χ2v) is 9.59. The zero-order chi connectivity index (χ0) is 21.0. The van der Waals surface area contributed by atoms with Crippen molar-refractivity contribution >= 4 is 56.8 Å². The lowest BCUT2D eigenvalue weighted by Crippen LogP contribution is -2.23. The first-order valence-electron chi connectivity index (χ1n) is 9.17. The first kappa shape index (κ1) is 21.6. The lowest BCUT2D eigenvalue weighted by molar-refractivity contribution is -0.143. The molecule has 1 aromatic heterocycles. The highest BCUT2D eigenvalue weighted by Crippen LogP contribution is 2.24. The molecule has 0 aliphatic carbocycles. The van der Waals surface area contributed by atoms with Gasteiger partial charge in [0.1, 0.15) is 6.54 Å². The number of fused-ring (bicyclic) bond motifs is 1. The standard InChI is InChI=1S/C21H21ClN2O3S2/c1-4-27-19(25)12-24-17-9-8-15(22)11-18(17)29-21(24)23-20(26)14-6-5-7-16(10-14)28-13(2)3/h5-11,13H,4,12H2,1-3H3. The van der Waals surface area contributed by atoms with Crippen molar-refractivity contribution in [3.05, 3.63) is 57.9 Å². The van der Waals surface area contributed by atoms with Gasteiger partial charge in [-0.05, 0) is 43.3 Å². The van der Waals surface area contributed by atoms with E-state index in [0.717, 1.165) is 15.1 Å². The molecule has 0 spiro atoms. The topological polar surface area (TPSA) is 60.7 Å². The van der Waals surface area contributed by atoms with Gasteiger partial charge < -0.3 is 9.30 Å². The highest BCUT2D eigenvalue weighted by atomic mass is 35.5. The van der Waals surface area contributed by atoms with E-state index in [9.17, 15) is 9.59 Å². The number of halogens is 1. The van der Waals surface area contributed by atoms with Crippen LogP contribution < -0.4 is 4.80 Å². The number of aromatic nitrogens is 1.